The summed E-state index contributed by atoms with van der Waals surface area (Å²) in [5, 5.41) is 0. The van der Waals surface area contributed by atoms with Crippen LogP contribution in [0.25, 0.3) is 0 Å². The van der Waals surface area contributed by atoms with Crippen LogP contribution in [0.1, 0.15) is 19.4 Å². The smallest absolute Gasteiger partial charge is 0.285 e. The van der Waals surface area contributed by atoms with Gasteiger partial charge in [0.1, 0.15) is 4.90 Å². The minimum absolute atomic E-state index is 0.0110. The van der Waals surface area contributed by atoms with E-state index in [1.165, 1.54) is 0 Å². The fourth-order valence-electron chi connectivity index (χ4n) is 2.10. The van der Waals surface area contributed by atoms with Crippen molar-refractivity contribution >= 4 is 33.1 Å². The zero-order chi connectivity index (χ0) is 14.9. The molecule has 1 aromatic carbocycles. The van der Waals surface area contributed by atoms with E-state index in [9.17, 15) is 8.42 Å². The molecule has 0 spiro atoms. The second-order valence-electron chi connectivity index (χ2n) is 4.73. The largest absolute Gasteiger partial charge is 0.393 e. The average molecular weight is 311 g/mol. The van der Waals surface area contributed by atoms with Gasteiger partial charge >= 0.3 is 0 Å². The molecule has 5 nitrogen and oxygen atoms in total. The van der Waals surface area contributed by atoms with Gasteiger partial charge in [-0.15, -0.1) is 4.40 Å². The van der Waals surface area contributed by atoms with E-state index in [1.807, 2.05) is 18.7 Å². The van der Waals surface area contributed by atoms with Gasteiger partial charge in [-0.3, -0.25) is 0 Å². The van der Waals surface area contributed by atoms with Gasteiger partial charge in [-0.2, -0.15) is 8.42 Å². The highest BCUT2D eigenvalue weighted by atomic mass is 32.2. The van der Waals surface area contributed by atoms with Crippen LogP contribution >= 0.6 is 12.2 Å². The minimum atomic E-state index is -3.58. The summed E-state index contributed by atoms with van der Waals surface area (Å²) < 4.78 is 28.0. The zero-order valence-electron chi connectivity index (χ0n) is 11.4. The molecule has 2 N–H and O–H groups in total. The van der Waals surface area contributed by atoms with Crippen LogP contribution in [-0.2, 0) is 10.0 Å². The van der Waals surface area contributed by atoms with Crippen molar-refractivity contribution in [2.45, 2.75) is 18.7 Å². The molecule has 1 unspecified atom stereocenters. The molecule has 0 saturated heterocycles. The third kappa shape index (κ3) is 2.69. The van der Waals surface area contributed by atoms with Gasteiger partial charge in [-0.25, -0.2) is 0 Å². The lowest BCUT2D eigenvalue weighted by Crippen LogP contribution is -2.38. The summed E-state index contributed by atoms with van der Waals surface area (Å²) in [5.41, 5.74) is 6.28. The first-order valence-corrected chi connectivity index (χ1v) is 8.20. The van der Waals surface area contributed by atoms with Crippen LogP contribution in [-0.4, -0.2) is 37.2 Å². The van der Waals surface area contributed by atoms with Gasteiger partial charge in [0.25, 0.3) is 10.0 Å². The second kappa shape index (κ2) is 5.49. The highest BCUT2D eigenvalue weighted by molar-refractivity contribution is 7.90. The minimum Gasteiger partial charge on any atom is -0.393 e. The normalized spacial score (nSPS) is 17.2. The lowest BCUT2D eigenvalue weighted by atomic mass is 10.1. The fourth-order valence-corrected chi connectivity index (χ4v) is 3.40. The molecule has 0 aliphatic carbocycles. The summed E-state index contributed by atoms with van der Waals surface area (Å²) in [4.78, 5) is 2.57. The molecule has 1 aromatic rings. The maximum atomic E-state index is 12.0. The van der Waals surface area contributed by atoms with E-state index in [-0.39, 0.29) is 10.8 Å². The Kier molecular flexibility index (Phi) is 4.10. The summed E-state index contributed by atoms with van der Waals surface area (Å²) in [5.74, 6) is 0.467. The van der Waals surface area contributed by atoms with E-state index >= 15 is 0 Å². The van der Waals surface area contributed by atoms with Gasteiger partial charge in [0, 0.05) is 24.6 Å². The number of rotatable bonds is 4. The molecule has 2 rings (SSSR count). The van der Waals surface area contributed by atoms with Gasteiger partial charge in [0.15, 0.2) is 5.84 Å². The first kappa shape index (κ1) is 14.9. The Morgan fingerprint density at radius 1 is 1.45 bits per heavy atom. The van der Waals surface area contributed by atoms with Crippen LogP contribution in [0, 0.1) is 5.92 Å². The number of nitrogens with two attached hydrogens (primary N) is 1. The fraction of sp³-hybridized carbons (Fsp3) is 0.385. The molecular weight excluding hydrogens is 294 g/mol. The Labute approximate surface area is 124 Å². The molecule has 0 bridgehead atoms. The predicted molar refractivity (Wildman–Crippen MR) is 83.4 cm³/mol. The lowest BCUT2D eigenvalue weighted by molar-refractivity contribution is 0.412. The molecule has 0 fully saturated rings. The van der Waals surface area contributed by atoms with Crippen molar-refractivity contribution in [3.05, 3.63) is 29.8 Å². The monoisotopic (exact) mass is 311 g/mol. The molecule has 1 aliphatic heterocycles. The van der Waals surface area contributed by atoms with Crippen molar-refractivity contribution in [3.8, 4) is 0 Å². The van der Waals surface area contributed by atoms with Gasteiger partial charge in [0.05, 0.1) is 4.99 Å². The van der Waals surface area contributed by atoms with Crippen LogP contribution in [0.4, 0.5) is 0 Å². The SMILES string of the molecule is CCN(CC(C)C(N)=S)C1=NS(=O)(=O)c2ccccc21. The molecule has 0 radical (unpaired) electrons. The molecule has 0 amide bonds. The first-order chi connectivity index (χ1) is 9.36. The quantitative estimate of drug-likeness (QED) is 0.850. The number of thiocarbonyl (C=S) groups is 1. The van der Waals surface area contributed by atoms with Crippen LogP contribution in [0.5, 0.6) is 0 Å². The zero-order valence-corrected chi connectivity index (χ0v) is 13.0. The Bertz CT molecular complexity index is 668. The third-order valence-electron chi connectivity index (χ3n) is 3.27. The predicted octanol–water partition coefficient (Wildman–Crippen LogP) is 1.38. The summed E-state index contributed by atoms with van der Waals surface area (Å²) in [6.07, 6.45) is 0. The maximum Gasteiger partial charge on any atom is 0.285 e. The first-order valence-electron chi connectivity index (χ1n) is 6.35. The van der Waals surface area contributed by atoms with Crippen molar-refractivity contribution in [3.63, 3.8) is 0 Å². The molecule has 1 aliphatic rings. The molecular formula is C13H17N3O2S2. The highest BCUT2D eigenvalue weighted by Gasteiger charge is 2.31. The molecule has 0 saturated carbocycles. The van der Waals surface area contributed by atoms with Crippen molar-refractivity contribution in [2.24, 2.45) is 16.0 Å². The molecule has 7 heteroatoms. The summed E-state index contributed by atoms with van der Waals surface area (Å²) in [7, 11) is -3.58. The van der Waals surface area contributed by atoms with Crippen molar-refractivity contribution in [1.29, 1.82) is 0 Å². The number of fused-ring (bicyclic) bond motifs is 1. The van der Waals surface area contributed by atoms with E-state index in [0.29, 0.717) is 29.5 Å². The molecule has 20 heavy (non-hydrogen) atoms. The maximum absolute atomic E-state index is 12.0. The van der Waals surface area contributed by atoms with Gasteiger partial charge in [0.2, 0.25) is 0 Å². The van der Waals surface area contributed by atoms with E-state index in [0.717, 1.165) is 0 Å². The third-order valence-corrected chi connectivity index (χ3v) is 5.00. The van der Waals surface area contributed by atoms with Crippen molar-refractivity contribution in [2.75, 3.05) is 13.1 Å². The Hall–Kier alpha value is -1.47. The standard InChI is InChI=1S/C13H17N3O2S2/c1-3-16(8-9(2)12(14)19)13-10-6-4-5-7-11(10)20(17,18)15-13/h4-7,9H,3,8H2,1-2H3,(H2,14,19). The highest BCUT2D eigenvalue weighted by Crippen LogP contribution is 2.27. The van der Waals surface area contributed by atoms with E-state index in [4.69, 9.17) is 18.0 Å². The number of sulfonamides is 1. The molecule has 108 valence electrons. The van der Waals surface area contributed by atoms with E-state index in [1.54, 1.807) is 24.3 Å². The van der Waals surface area contributed by atoms with Gasteiger partial charge in [-0.05, 0) is 19.1 Å². The van der Waals surface area contributed by atoms with Gasteiger partial charge in [-0.1, -0.05) is 31.3 Å². The Balaban J connectivity index is 2.39. The molecule has 1 atom stereocenters. The molecule has 1 heterocycles. The van der Waals surface area contributed by atoms with Crippen LogP contribution < -0.4 is 5.73 Å². The van der Waals surface area contributed by atoms with Crippen molar-refractivity contribution in [1.82, 2.24) is 4.90 Å². The van der Waals surface area contributed by atoms with E-state index in [2.05, 4.69) is 4.40 Å². The van der Waals surface area contributed by atoms with Crippen LogP contribution in [0.15, 0.2) is 33.6 Å². The van der Waals surface area contributed by atoms with Crippen LogP contribution in [0.2, 0.25) is 0 Å². The number of hydrogen-bond acceptors (Lipinski definition) is 4. The number of amidine groups is 1. The Morgan fingerprint density at radius 2 is 2.10 bits per heavy atom. The van der Waals surface area contributed by atoms with Crippen LogP contribution in [0.3, 0.4) is 0 Å². The molecule has 0 aromatic heterocycles. The topological polar surface area (TPSA) is 75.8 Å². The van der Waals surface area contributed by atoms with E-state index < -0.39 is 10.0 Å². The summed E-state index contributed by atoms with van der Waals surface area (Å²) in [6, 6.07) is 6.85. The second-order valence-corrected chi connectivity index (χ2v) is 6.77. The number of nitrogens with zero attached hydrogens (tertiary/aromatic N) is 2. The lowest BCUT2D eigenvalue weighted by Gasteiger charge is -2.25. The average Bonchev–Trinajstić information content (AvgIpc) is 2.68. The summed E-state index contributed by atoms with van der Waals surface area (Å²) in [6.45, 7) is 5.05. The summed E-state index contributed by atoms with van der Waals surface area (Å²) >= 11 is 4.98. The number of hydrogen-bond donors (Lipinski definition) is 1. The van der Waals surface area contributed by atoms with Crippen molar-refractivity contribution < 1.29 is 8.42 Å². The number of benzene rings is 1. The Morgan fingerprint density at radius 3 is 2.70 bits per heavy atom. The van der Waals surface area contributed by atoms with Gasteiger partial charge < -0.3 is 10.6 Å².